The number of nitrogens with two attached hydrogens (primary N) is 1. The first kappa shape index (κ1) is 11.8. The average Bonchev–Trinajstić information content (AvgIpc) is 2.12. The lowest BCUT2D eigenvalue weighted by Gasteiger charge is -2.16. The zero-order valence-corrected chi connectivity index (χ0v) is 7.59. The lowest BCUT2D eigenvalue weighted by Crippen LogP contribution is -2.42. The summed E-state index contributed by atoms with van der Waals surface area (Å²) in [6.45, 7) is -0.729. The van der Waals surface area contributed by atoms with Crippen LogP contribution in [-0.2, 0) is 0 Å². The molecule has 0 aromatic heterocycles. The Kier molecular flexibility index (Phi) is 3.52. The third-order valence-corrected chi connectivity index (χ3v) is 1.65. The predicted octanol–water partition coefficient (Wildman–Crippen LogP) is 2.09. The largest absolute Gasteiger partial charge is 0.492 e. The monoisotopic (exact) mass is 223 g/mol. The number of halogens is 4. The van der Waals surface area contributed by atoms with E-state index in [1.807, 2.05) is 0 Å². The Morgan fingerprint density at radius 1 is 1.33 bits per heavy atom. The Hall–Kier alpha value is -1.30. The summed E-state index contributed by atoms with van der Waals surface area (Å²) in [5.41, 5.74) is 4.79. The van der Waals surface area contributed by atoms with Gasteiger partial charge in [0.15, 0.2) is 0 Å². The second-order valence-electron chi connectivity index (χ2n) is 2.92. The van der Waals surface area contributed by atoms with Crippen LogP contribution in [0, 0.1) is 5.82 Å². The zero-order valence-electron chi connectivity index (χ0n) is 7.59. The lowest BCUT2D eigenvalue weighted by molar-refractivity contribution is -0.153. The van der Waals surface area contributed by atoms with Crippen LogP contribution in [0.15, 0.2) is 24.3 Å². The molecular formula is C9H9F4NO. The molecule has 0 aliphatic heterocycles. The summed E-state index contributed by atoms with van der Waals surface area (Å²) >= 11 is 0. The molecule has 0 saturated heterocycles. The van der Waals surface area contributed by atoms with E-state index in [-0.39, 0.29) is 5.75 Å². The third-order valence-electron chi connectivity index (χ3n) is 1.65. The number of ether oxygens (including phenoxy) is 1. The van der Waals surface area contributed by atoms with Gasteiger partial charge in [-0.05, 0) is 12.1 Å². The second kappa shape index (κ2) is 4.48. The fraction of sp³-hybridized carbons (Fsp3) is 0.333. The lowest BCUT2D eigenvalue weighted by atomic mass is 10.3. The van der Waals surface area contributed by atoms with E-state index < -0.39 is 24.6 Å². The minimum absolute atomic E-state index is 0.0229. The van der Waals surface area contributed by atoms with Crippen molar-refractivity contribution in [1.82, 2.24) is 0 Å². The van der Waals surface area contributed by atoms with Gasteiger partial charge in [-0.25, -0.2) is 4.39 Å². The van der Waals surface area contributed by atoms with Gasteiger partial charge < -0.3 is 10.5 Å². The van der Waals surface area contributed by atoms with E-state index in [0.29, 0.717) is 0 Å². The minimum Gasteiger partial charge on any atom is -0.492 e. The van der Waals surface area contributed by atoms with Crippen molar-refractivity contribution >= 4 is 0 Å². The van der Waals surface area contributed by atoms with Crippen molar-refractivity contribution in [3.05, 3.63) is 30.1 Å². The van der Waals surface area contributed by atoms with Crippen LogP contribution < -0.4 is 10.5 Å². The highest BCUT2D eigenvalue weighted by atomic mass is 19.4. The molecule has 15 heavy (non-hydrogen) atoms. The van der Waals surface area contributed by atoms with Gasteiger partial charge in [-0.2, -0.15) is 13.2 Å². The molecule has 1 atom stereocenters. The smallest absolute Gasteiger partial charge is 0.406 e. The fourth-order valence-corrected chi connectivity index (χ4v) is 0.837. The van der Waals surface area contributed by atoms with E-state index in [4.69, 9.17) is 10.5 Å². The number of hydrogen-bond donors (Lipinski definition) is 1. The van der Waals surface area contributed by atoms with Crippen molar-refractivity contribution in [2.75, 3.05) is 6.61 Å². The maximum atomic E-state index is 12.6. The normalized spacial score (nSPS) is 13.7. The van der Waals surface area contributed by atoms with Gasteiger partial charge in [0.1, 0.15) is 24.2 Å². The van der Waals surface area contributed by atoms with Crippen molar-refractivity contribution < 1.29 is 22.3 Å². The van der Waals surface area contributed by atoms with Crippen LogP contribution in [0.2, 0.25) is 0 Å². The Morgan fingerprint density at radius 3 is 2.53 bits per heavy atom. The van der Waals surface area contributed by atoms with Gasteiger partial charge >= 0.3 is 6.18 Å². The van der Waals surface area contributed by atoms with Crippen molar-refractivity contribution in [2.45, 2.75) is 12.2 Å². The molecule has 2 nitrogen and oxygen atoms in total. The summed E-state index contributed by atoms with van der Waals surface area (Å²) in [4.78, 5) is 0. The van der Waals surface area contributed by atoms with Gasteiger partial charge in [-0.1, -0.05) is 6.07 Å². The predicted molar refractivity (Wildman–Crippen MR) is 45.9 cm³/mol. The first-order valence-corrected chi connectivity index (χ1v) is 4.10. The molecule has 1 aromatic carbocycles. The van der Waals surface area contributed by atoms with E-state index in [9.17, 15) is 17.6 Å². The molecule has 0 heterocycles. The minimum atomic E-state index is -4.51. The zero-order chi connectivity index (χ0) is 11.5. The number of rotatable bonds is 3. The summed E-state index contributed by atoms with van der Waals surface area (Å²) in [6.07, 6.45) is -4.51. The van der Waals surface area contributed by atoms with Crippen LogP contribution in [0.1, 0.15) is 0 Å². The van der Waals surface area contributed by atoms with Crippen LogP contribution in [0.3, 0.4) is 0 Å². The molecule has 0 amide bonds. The van der Waals surface area contributed by atoms with Crippen LogP contribution in [0.4, 0.5) is 17.6 Å². The van der Waals surface area contributed by atoms with Gasteiger partial charge in [0.25, 0.3) is 0 Å². The van der Waals surface area contributed by atoms with Gasteiger partial charge in [-0.3, -0.25) is 0 Å². The quantitative estimate of drug-likeness (QED) is 0.796. The summed E-state index contributed by atoms with van der Waals surface area (Å²) < 4.78 is 53.1. The molecule has 0 bridgehead atoms. The molecule has 6 heteroatoms. The van der Waals surface area contributed by atoms with Gasteiger partial charge in [0.2, 0.25) is 0 Å². The Morgan fingerprint density at radius 2 is 2.00 bits per heavy atom. The fourth-order valence-electron chi connectivity index (χ4n) is 0.837. The molecule has 0 aliphatic carbocycles. The standard InChI is InChI=1S/C9H9F4NO/c10-6-2-1-3-7(4-6)15-5-8(14)9(11,12)13/h1-4,8H,5,14H2. The van der Waals surface area contributed by atoms with E-state index in [1.54, 1.807) is 0 Å². The maximum absolute atomic E-state index is 12.6. The van der Waals surface area contributed by atoms with Gasteiger partial charge in [0.05, 0.1) is 0 Å². The molecule has 1 aromatic rings. The molecule has 0 aliphatic rings. The highest BCUT2D eigenvalue weighted by Gasteiger charge is 2.37. The summed E-state index contributed by atoms with van der Waals surface area (Å²) in [5.74, 6) is -0.553. The molecule has 2 N–H and O–H groups in total. The van der Waals surface area contributed by atoms with E-state index >= 15 is 0 Å². The van der Waals surface area contributed by atoms with Gasteiger partial charge in [0, 0.05) is 6.07 Å². The Bertz CT molecular complexity index is 326. The molecule has 0 radical (unpaired) electrons. The summed E-state index contributed by atoms with van der Waals surface area (Å²) in [7, 11) is 0. The first-order chi connectivity index (χ1) is 6.89. The van der Waals surface area contributed by atoms with E-state index in [0.717, 1.165) is 12.1 Å². The SMILES string of the molecule is NC(COc1cccc(F)c1)C(F)(F)F. The number of alkyl halides is 3. The second-order valence-corrected chi connectivity index (χ2v) is 2.92. The van der Waals surface area contributed by atoms with Crippen LogP contribution in [0.5, 0.6) is 5.75 Å². The van der Waals surface area contributed by atoms with Crippen molar-refractivity contribution in [3.8, 4) is 5.75 Å². The number of hydrogen-bond acceptors (Lipinski definition) is 2. The van der Waals surface area contributed by atoms with Crippen molar-refractivity contribution in [1.29, 1.82) is 0 Å². The van der Waals surface area contributed by atoms with Crippen LogP contribution in [0.25, 0.3) is 0 Å². The van der Waals surface area contributed by atoms with E-state index in [2.05, 4.69) is 0 Å². The Balaban J connectivity index is 2.51. The van der Waals surface area contributed by atoms with Gasteiger partial charge in [-0.15, -0.1) is 0 Å². The average molecular weight is 223 g/mol. The van der Waals surface area contributed by atoms with Crippen molar-refractivity contribution in [3.63, 3.8) is 0 Å². The molecule has 84 valence electrons. The molecule has 0 fully saturated rings. The van der Waals surface area contributed by atoms with E-state index in [1.165, 1.54) is 12.1 Å². The topological polar surface area (TPSA) is 35.2 Å². The first-order valence-electron chi connectivity index (χ1n) is 4.10. The number of benzene rings is 1. The van der Waals surface area contributed by atoms with Crippen molar-refractivity contribution in [2.24, 2.45) is 5.73 Å². The third kappa shape index (κ3) is 3.75. The maximum Gasteiger partial charge on any atom is 0.406 e. The Labute approximate surface area is 83.6 Å². The highest BCUT2D eigenvalue weighted by Crippen LogP contribution is 2.20. The molecule has 0 spiro atoms. The summed E-state index contributed by atoms with van der Waals surface area (Å²) in [5, 5.41) is 0. The highest BCUT2D eigenvalue weighted by molar-refractivity contribution is 5.22. The molecule has 1 rings (SSSR count). The molecule has 1 unspecified atom stereocenters. The van der Waals surface area contributed by atoms with Crippen LogP contribution in [-0.4, -0.2) is 18.8 Å². The molecule has 0 saturated carbocycles. The molecular weight excluding hydrogens is 214 g/mol. The summed E-state index contributed by atoms with van der Waals surface area (Å²) in [6, 6.07) is 2.77. The van der Waals surface area contributed by atoms with Crippen LogP contribution >= 0.6 is 0 Å².